The first-order valence-electron chi connectivity index (χ1n) is 11.1. The molecule has 31 heavy (non-hydrogen) atoms. The van der Waals surface area contributed by atoms with Crippen LogP contribution in [0.5, 0.6) is 0 Å². The molecule has 0 saturated heterocycles. The molecule has 0 heterocycles. The Kier molecular flexibility index (Phi) is 13.7. The van der Waals surface area contributed by atoms with Gasteiger partial charge in [0.15, 0.2) is 0 Å². The van der Waals surface area contributed by atoms with Crippen LogP contribution in [0.15, 0.2) is 24.8 Å². The molecule has 4 atom stereocenters. The fraction of sp³-hybridized carbons (Fsp3) is 0.739. The van der Waals surface area contributed by atoms with Crippen molar-refractivity contribution in [2.24, 2.45) is 11.8 Å². The Morgan fingerprint density at radius 2 is 1.81 bits per heavy atom. The van der Waals surface area contributed by atoms with Gasteiger partial charge in [-0.15, -0.1) is 0 Å². The number of carbonyl (C=O) groups excluding carboxylic acids is 1. The molecule has 1 aliphatic rings. The molecule has 1 fully saturated rings. The van der Waals surface area contributed by atoms with Crippen molar-refractivity contribution in [3.63, 3.8) is 0 Å². The van der Waals surface area contributed by atoms with Gasteiger partial charge in [0.2, 0.25) is 0 Å². The number of unbranched alkanes of at least 4 members (excludes halogenated alkanes) is 4. The third-order valence-corrected chi connectivity index (χ3v) is 8.10. The summed E-state index contributed by atoms with van der Waals surface area (Å²) in [4.78, 5) is 22.6. The number of carboxylic acid groups (broad SMARTS) is 1. The van der Waals surface area contributed by atoms with E-state index in [0.717, 1.165) is 19.3 Å². The summed E-state index contributed by atoms with van der Waals surface area (Å²) in [7, 11) is 0. The second-order valence-electron chi connectivity index (χ2n) is 8.29. The first kappa shape index (κ1) is 28.2. The summed E-state index contributed by atoms with van der Waals surface area (Å²) in [5.74, 6) is -5.43. The number of halogens is 3. The minimum atomic E-state index is -3.33. The molecule has 1 aliphatic carbocycles. The van der Waals surface area contributed by atoms with E-state index in [0.29, 0.717) is 25.7 Å². The van der Waals surface area contributed by atoms with Gasteiger partial charge in [-0.1, -0.05) is 0 Å². The summed E-state index contributed by atoms with van der Waals surface area (Å²) in [5.41, 5.74) is 0. The Morgan fingerprint density at radius 3 is 2.45 bits per heavy atom. The summed E-state index contributed by atoms with van der Waals surface area (Å²) in [6.07, 6.45) is 9.61. The third-order valence-electron chi connectivity index (χ3n) is 5.95. The van der Waals surface area contributed by atoms with E-state index in [-0.39, 0.29) is 41.4 Å². The first-order chi connectivity index (χ1) is 14.7. The average Bonchev–Trinajstić information content (AvgIpc) is 3.02. The quantitative estimate of drug-likeness (QED) is 0.110. The van der Waals surface area contributed by atoms with Crippen molar-refractivity contribution < 1.29 is 53.6 Å². The molecule has 180 valence electrons. The Labute approximate surface area is 194 Å². The van der Waals surface area contributed by atoms with Crippen molar-refractivity contribution in [3.8, 4) is 0 Å². The second kappa shape index (κ2) is 15.1. The van der Waals surface area contributed by atoms with E-state index in [2.05, 4.69) is 6.58 Å². The van der Waals surface area contributed by atoms with Crippen LogP contribution in [0, 0.1) is 11.8 Å². The monoisotopic (exact) mass is 557 g/mol. The molecule has 0 aromatic rings. The number of hydrogen-bond acceptors (Lipinski definition) is 4. The van der Waals surface area contributed by atoms with Crippen molar-refractivity contribution in [2.45, 2.75) is 93.0 Å². The Hall–Kier alpha value is -0.870. The molecule has 3 N–H and O–H groups in total. The van der Waals surface area contributed by atoms with Gasteiger partial charge in [0, 0.05) is 0 Å². The number of ketones is 1. The van der Waals surface area contributed by atoms with Crippen molar-refractivity contribution in [2.75, 3.05) is 0 Å². The SMILES string of the molecule is C=CCCCC(F)(F)C(=O)CC[C@H]1C([I-]O)CC(O)C1C/C=C\CCCCCC(=O)O. The molecular formula is C23H36F2IO5-. The summed E-state index contributed by atoms with van der Waals surface area (Å²) < 4.78 is 37.8. The van der Waals surface area contributed by atoms with E-state index in [4.69, 9.17) is 5.11 Å². The smallest absolute Gasteiger partial charge is 0.481 e. The fourth-order valence-corrected chi connectivity index (χ4v) is 6.20. The number of allylic oxidation sites excluding steroid dienone is 3. The molecule has 5 nitrogen and oxygen atoms in total. The van der Waals surface area contributed by atoms with Crippen LogP contribution in [0.2, 0.25) is 0 Å². The second-order valence-corrected chi connectivity index (χ2v) is 10.4. The van der Waals surface area contributed by atoms with Crippen LogP contribution in [-0.4, -0.2) is 41.4 Å². The summed E-state index contributed by atoms with van der Waals surface area (Å²) in [5, 5.41) is 19.0. The molecule has 1 rings (SSSR count). The van der Waals surface area contributed by atoms with E-state index in [1.165, 1.54) is 0 Å². The fourth-order valence-electron chi connectivity index (χ4n) is 4.15. The Balaban J connectivity index is 2.51. The number of hydrogen-bond donors (Lipinski definition) is 3. The van der Waals surface area contributed by atoms with Crippen molar-refractivity contribution in [3.05, 3.63) is 24.8 Å². The van der Waals surface area contributed by atoms with Gasteiger partial charge >= 0.3 is 185 Å². The molecule has 0 aromatic carbocycles. The minimum absolute atomic E-state index is 0.0783. The first-order valence-corrected chi connectivity index (χ1v) is 13.3. The third kappa shape index (κ3) is 10.5. The molecule has 0 aromatic heterocycles. The van der Waals surface area contributed by atoms with E-state index in [1.807, 2.05) is 12.2 Å². The average molecular weight is 557 g/mol. The predicted octanol–water partition coefficient (Wildman–Crippen LogP) is 1.67. The van der Waals surface area contributed by atoms with Crippen LogP contribution >= 0.6 is 0 Å². The number of rotatable bonds is 17. The van der Waals surface area contributed by atoms with Crippen LogP contribution in [0.25, 0.3) is 0 Å². The van der Waals surface area contributed by atoms with Gasteiger partial charge in [-0.3, -0.25) is 4.79 Å². The number of alkyl halides is 3. The van der Waals surface area contributed by atoms with Crippen molar-refractivity contribution in [1.82, 2.24) is 0 Å². The number of carbonyl (C=O) groups is 2. The standard InChI is InChI=1S/C23H36F2IO5/c1-2-3-10-15-23(24,25)21(28)14-13-17-18(20(27)16-19(17)26-31)11-8-6-4-5-7-9-12-22(29)30/h2,6,8,17-20,27,31H,1,3-5,7,9-16H2,(H,29,30)/q-1/b8-6-/t17-,18?,19?,20?/m1/s1. The number of carboxylic acids is 1. The van der Waals surface area contributed by atoms with Crippen LogP contribution in [-0.2, 0) is 9.59 Å². The van der Waals surface area contributed by atoms with Crippen LogP contribution < -0.4 is 21.6 Å². The number of Topliss-reactive ketones (excluding diaryl/α,β-unsaturated/α-hetero) is 1. The number of aliphatic hydroxyl groups excluding tert-OH is 1. The molecule has 1 saturated carbocycles. The van der Waals surface area contributed by atoms with Crippen LogP contribution in [0.1, 0.15) is 77.0 Å². The molecule has 0 radical (unpaired) electrons. The molecule has 0 bridgehead atoms. The normalized spacial score (nSPS) is 24.1. The molecular weight excluding hydrogens is 521 g/mol. The Bertz CT molecular complexity index is 597. The molecule has 8 heteroatoms. The summed E-state index contributed by atoms with van der Waals surface area (Å²) in [6, 6.07) is 0. The molecule has 0 amide bonds. The van der Waals surface area contributed by atoms with Gasteiger partial charge in [-0.2, -0.15) is 0 Å². The van der Waals surface area contributed by atoms with Gasteiger partial charge in [-0.25, -0.2) is 0 Å². The van der Waals surface area contributed by atoms with Gasteiger partial charge in [0.1, 0.15) is 0 Å². The summed E-state index contributed by atoms with van der Waals surface area (Å²) in [6.45, 7) is 3.50. The summed E-state index contributed by atoms with van der Waals surface area (Å²) >= 11 is -1.14. The van der Waals surface area contributed by atoms with E-state index < -0.39 is 51.8 Å². The maximum absolute atomic E-state index is 14.1. The van der Waals surface area contributed by atoms with Gasteiger partial charge < -0.3 is 5.11 Å². The molecule has 0 spiro atoms. The van der Waals surface area contributed by atoms with Gasteiger partial charge in [0.05, 0.1) is 0 Å². The zero-order valence-corrected chi connectivity index (χ0v) is 20.2. The van der Waals surface area contributed by atoms with Gasteiger partial charge in [0.25, 0.3) is 0 Å². The Morgan fingerprint density at radius 1 is 1.06 bits per heavy atom. The zero-order valence-electron chi connectivity index (χ0n) is 18.0. The van der Waals surface area contributed by atoms with Gasteiger partial charge in [-0.05, 0) is 0 Å². The van der Waals surface area contributed by atoms with Crippen molar-refractivity contribution >= 4 is 11.8 Å². The van der Waals surface area contributed by atoms with Crippen LogP contribution in [0.4, 0.5) is 8.78 Å². The number of aliphatic carboxylic acids is 1. The maximum atomic E-state index is 14.1. The topological polar surface area (TPSA) is 94.8 Å². The van der Waals surface area contributed by atoms with E-state index in [9.17, 15) is 26.9 Å². The predicted molar refractivity (Wildman–Crippen MR) is 111 cm³/mol. The molecule has 0 aliphatic heterocycles. The minimum Gasteiger partial charge on any atom is -0.481 e. The van der Waals surface area contributed by atoms with Crippen molar-refractivity contribution in [1.29, 1.82) is 0 Å². The molecule has 3 unspecified atom stereocenters. The van der Waals surface area contributed by atoms with E-state index >= 15 is 0 Å². The van der Waals surface area contributed by atoms with E-state index in [1.54, 1.807) is 6.08 Å². The van der Waals surface area contributed by atoms with Crippen LogP contribution in [0.3, 0.4) is 0 Å². The number of aliphatic hydroxyl groups is 1. The zero-order chi connectivity index (χ0) is 23.3.